The third-order valence-electron chi connectivity index (χ3n) is 8.11. The van der Waals surface area contributed by atoms with E-state index in [1.807, 2.05) is 31.6 Å². The van der Waals surface area contributed by atoms with E-state index in [1.165, 1.54) is 11.3 Å². The lowest BCUT2D eigenvalue weighted by Crippen LogP contribution is -2.34. The van der Waals surface area contributed by atoms with Gasteiger partial charge < -0.3 is 9.72 Å². The summed E-state index contributed by atoms with van der Waals surface area (Å²) in [6, 6.07) is 7.00. The summed E-state index contributed by atoms with van der Waals surface area (Å²) in [6.07, 6.45) is 11.9. The van der Waals surface area contributed by atoms with E-state index in [0.29, 0.717) is 29.3 Å². The first-order chi connectivity index (χ1) is 18.9. The fraction of sp³-hybridized carbons (Fsp3) is 0.433. The van der Waals surface area contributed by atoms with Crippen LogP contribution in [-0.2, 0) is 6.54 Å². The summed E-state index contributed by atoms with van der Waals surface area (Å²) < 4.78 is 7.39. The largest absolute Gasteiger partial charge is 0.493 e. The van der Waals surface area contributed by atoms with Crippen molar-refractivity contribution in [3.05, 3.63) is 65.8 Å². The Morgan fingerprint density at radius 2 is 1.92 bits per heavy atom. The van der Waals surface area contributed by atoms with Crippen molar-refractivity contribution in [2.24, 2.45) is 0 Å². The minimum Gasteiger partial charge on any atom is -0.493 e. The van der Waals surface area contributed by atoms with Crippen molar-refractivity contribution in [1.29, 1.82) is 0 Å². The second-order valence-electron chi connectivity index (χ2n) is 11.1. The standard InChI is InChI=1S/C30H36N8O/c1-18(2)27-28(21-12-26(39-5)30-33-17-34-38(30)15-21)36-25-11-10-24(35-29(25)27)20-6-8-23(9-7-20)37(4)16-22-14-31-19(3)13-32-22/h10-15,17-18,20,23,36H,6-9,16H2,1-5H3. The first kappa shape index (κ1) is 25.4. The highest BCUT2D eigenvalue weighted by Gasteiger charge is 2.27. The number of hydrogen-bond donors (Lipinski definition) is 1. The highest BCUT2D eigenvalue weighted by Crippen LogP contribution is 2.39. The van der Waals surface area contributed by atoms with E-state index in [0.717, 1.165) is 65.9 Å². The van der Waals surface area contributed by atoms with Gasteiger partial charge in [-0.2, -0.15) is 5.10 Å². The summed E-state index contributed by atoms with van der Waals surface area (Å²) in [4.78, 5) is 24.6. The molecule has 9 nitrogen and oxygen atoms in total. The maximum absolute atomic E-state index is 5.62. The molecule has 0 bridgehead atoms. The molecule has 1 N–H and O–H groups in total. The van der Waals surface area contributed by atoms with Gasteiger partial charge in [-0.3, -0.25) is 19.9 Å². The van der Waals surface area contributed by atoms with Crippen molar-refractivity contribution in [3.63, 3.8) is 0 Å². The van der Waals surface area contributed by atoms with E-state index in [1.54, 1.807) is 18.0 Å². The lowest BCUT2D eigenvalue weighted by atomic mass is 9.83. The number of hydrogen-bond acceptors (Lipinski definition) is 7. The number of aryl methyl sites for hydroxylation is 1. The molecule has 39 heavy (non-hydrogen) atoms. The van der Waals surface area contributed by atoms with Crippen LogP contribution in [0.1, 0.15) is 74.0 Å². The molecule has 5 aromatic heterocycles. The van der Waals surface area contributed by atoms with Gasteiger partial charge in [0.05, 0.1) is 35.2 Å². The second kappa shape index (κ2) is 10.4. The number of fused-ring (bicyclic) bond motifs is 2. The number of aromatic amines is 1. The first-order valence-electron chi connectivity index (χ1n) is 13.8. The van der Waals surface area contributed by atoms with Gasteiger partial charge in [-0.15, -0.1) is 0 Å². The predicted octanol–water partition coefficient (Wildman–Crippen LogP) is 5.66. The van der Waals surface area contributed by atoms with Crippen LogP contribution in [0.4, 0.5) is 0 Å². The Kier molecular flexibility index (Phi) is 6.76. The molecule has 1 aliphatic rings. The summed E-state index contributed by atoms with van der Waals surface area (Å²) in [6.45, 7) is 7.26. The third kappa shape index (κ3) is 4.87. The van der Waals surface area contributed by atoms with Crippen molar-refractivity contribution >= 4 is 16.7 Å². The minimum absolute atomic E-state index is 0.295. The van der Waals surface area contributed by atoms with Gasteiger partial charge in [0.2, 0.25) is 0 Å². The molecule has 5 aromatic rings. The van der Waals surface area contributed by atoms with Crippen molar-refractivity contribution in [3.8, 4) is 17.0 Å². The Labute approximate surface area is 228 Å². The lowest BCUT2D eigenvalue weighted by molar-refractivity contribution is 0.173. The van der Waals surface area contributed by atoms with Gasteiger partial charge in [0.15, 0.2) is 11.4 Å². The molecule has 1 aliphatic carbocycles. The van der Waals surface area contributed by atoms with Crippen molar-refractivity contribution in [2.75, 3.05) is 14.2 Å². The summed E-state index contributed by atoms with van der Waals surface area (Å²) >= 11 is 0. The number of methoxy groups -OCH3 is 1. The van der Waals surface area contributed by atoms with Crippen LogP contribution in [0, 0.1) is 6.92 Å². The molecule has 5 heterocycles. The van der Waals surface area contributed by atoms with Crippen molar-refractivity contribution in [2.45, 2.75) is 70.9 Å². The normalized spacial score (nSPS) is 18.0. The SMILES string of the molecule is COc1cc(-c2[nH]c3ccc(C4CCC(N(C)Cc5cnc(C)cn5)CC4)nc3c2C(C)C)cn2ncnc12. The third-order valence-corrected chi connectivity index (χ3v) is 8.11. The molecule has 6 rings (SSSR count). The fourth-order valence-corrected chi connectivity index (χ4v) is 6.00. The van der Waals surface area contributed by atoms with E-state index in [-0.39, 0.29) is 0 Å². The van der Waals surface area contributed by atoms with Crippen LogP contribution >= 0.6 is 0 Å². The maximum atomic E-state index is 5.62. The average molecular weight is 525 g/mol. The van der Waals surface area contributed by atoms with Crippen LogP contribution in [0.15, 0.2) is 43.1 Å². The van der Waals surface area contributed by atoms with Crippen molar-refractivity contribution in [1.82, 2.24) is 39.4 Å². The van der Waals surface area contributed by atoms with Gasteiger partial charge in [-0.1, -0.05) is 13.8 Å². The Balaban J connectivity index is 1.24. The quantitative estimate of drug-likeness (QED) is 0.293. The molecule has 9 heteroatoms. The van der Waals surface area contributed by atoms with Crippen LogP contribution in [-0.4, -0.2) is 59.6 Å². The molecule has 0 radical (unpaired) electrons. The highest BCUT2D eigenvalue weighted by atomic mass is 16.5. The number of nitrogens with zero attached hydrogens (tertiary/aromatic N) is 7. The number of ether oxygens (including phenoxy) is 1. The molecular weight excluding hydrogens is 488 g/mol. The minimum atomic E-state index is 0.295. The molecular formula is C30H36N8O. The Bertz CT molecular complexity index is 1600. The fourth-order valence-electron chi connectivity index (χ4n) is 6.00. The number of nitrogens with one attached hydrogen (secondary N) is 1. The van der Waals surface area contributed by atoms with Crippen LogP contribution in [0.2, 0.25) is 0 Å². The predicted molar refractivity (Wildman–Crippen MR) is 152 cm³/mol. The molecule has 0 unspecified atom stereocenters. The van der Waals surface area contributed by atoms with E-state index in [4.69, 9.17) is 9.72 Å². The van der Waals surface area contributed by atoms with E-state index in [9.17, 15) is 0 Å². The van der Waals surface area contributed by atoms with E-state index < -0.39 is 0 Å². The van der Waals surface area contributed by atoms with Crippen molar-refractivity contribution < 1.29 is 4.74 Å². The smallest absolute Gasteiger partial charge is 0.197 e. The van der Waals surface area contributed by atoms with Gasteiger partial charge in [0.1, 0.15) is 6.33 Å². The molecule has 0 atom stereocenters. The van der Waals surface area contributed by atoms with Gasteiger partial charge in [0, 0.05) is 53.9 Å². The summed E-state index contributed by atoms with van der Waals surface area (Å²) in [5.41, 5.74) is 9.30. The number of rotatable bonds is 7. The summed E-state index contributed by atoms with van der Waals surface area (Å²) in [7, 11) is 3.87. The molecule has 0 saturated heterocycles. The molecule has 202 valence electrons. The zero-order valence-corrected chi connectivity index (χ0v) is 23.3. The van der Waals surface area contributed by atoms with Gasteiger partial charge in [0.25, 0.3) is 0 Å². The molecule has 0 aliphatic heterocycles. The number of aromatic nitrogens is 7. The average Bonchev–Trinajstić information content (AvgIpc) is 3.58. The Hall–Kier alpha value is -3.85. The zero-order valence-electron chi connectivity index (χ0n) is 23.3. The summed E-state index contributed by atoms with van der Waals surface area (Å²) in [5, 5.41) is 4.35. The number of pyridine rings is 2. The van der Waals surface area contributed by atoms with Crippen LogP contribution in [0.3, 0.4) is 0 Å². The topological polar surface area (TPSA) is 97.1 Å². The lowest BCUT2D eigenvalue weighted by Gasteiger charge is -2.34. The molecule has 1 saturated carbocycles. The highest BCUT2D eigenvalue weighted by molar-refractivity contribution is 5.89. The van der Waals surface area contributed by atoms with Crippen LogP contribution in [0.5, 0.6) is 5.75 Å². The van der Waals surface area contributed by atoms with Gasteiger partial charge in [-0.25, -0.2) is 9.50 Å². The van der Waals surface area contributed by atoms with Gasteiger partial charge >= 0.3 is 0 Å². The van der Waals surface area contributed by atoms with E-state index >= 15 is 0 Å². The Morgan fingerprint density at radius 1 is 1.10 bits per heavy atom. The monoisotopic (exact) mass is 524 g/mol. The van der Waals surface area contributed by atoms with E-state index in [2.05, 4.69) is 63.0 Å². The second-order valence-corrected chi connectivity index (χ2v) is 11.1. The molecule has 0 amide bonds. The summed E-state index contributed by atoms with van der Waals surface area (Å²) in [5.74, 6) is 1.47. The van der Waals surface area contributed by atoms with Gasteiger partial charge in [-0.05, 0) is 63.8 Å². The maximum Gasteiger partial charge on any atom is 0.197 e. The number of H-pyrrole nitrogens is 1. The zero-order chi connectivity index (χ0) is 27.1. The molecule has 1 fully saturated rings. The van der Waals surface area contributed by atoms with Crippen LogP contribution < -0.4 is 4.74 Å². The molecule has 0 spiro atoms. The first-order valence-corrected chi connectivity index (χ1v) is 13.8. The Morgan fingerprint density at radius 3 is 2.64 bits per heavy atom. The molecule has 0 aromatic carbocycles. The van der Waals surface area contributed by atoms with Crippen LogP contribution in [0.25, 0.3) is 27.9 Å².